The second kappa shape index (κ2) is 6.40. The Morgan fingerprint density at radius 3 is 2.78 bits per heavy atom. The highest BCUT2D eigenvalue weighted by molar-refractivity contribution is 5.94. The van der Waals surface area contributed by atoms with Crippen molar-refractivity contribution < 1.29 is 9.53 Å². The summed E-state index contributed by atoms with van der Waals surface area (Å²) in [7, 11) is 1.68. The Labute approximate surface area is 109 Å². The molecule has 1 amide bonds. The molecule has 1 aromatic carbocycles. The molecular weight excluding hydrogens is 228 g/mol. The van der Waals surface area contributed by atoms with E-state index in [9.17, 15) is 4.79 Å². The van der Waals surface area contributed by atoms with Gasteiger partial charge in [-0.1, -0.05) is 19.9 Å². The fourth-order valence-electron chi connectivity index (χ4n) is 1.57. The number of anilines is 1. The Balaban J connectivity index is 2.50. The number of rotatable bonds is 6. The van der Waals surface area contributed by atoms with Gasteiger partial charge in [0.25, 0.3) is 5.91 Å². The Bertz CT molecular complexity index is 403. The maximum Gasteiger partial charge on any atom is 0.251 e. The lowest BCUT2D eigenvalue weighted by atomic mass is 9.89. The molecule has 0 aromatic heterocycles. The van der Waals surface area contributed by atoms with Crippen LogP contribution in [0.15, 0.2) is 24.3 Å². The number of hydrogen-bond acceptors (Lipinski definition) is 3. The van der Waals surface area contributed by atoms with Crippen LogP contribution in [0.25, 0.3) is 0 Å². The number of nitrogens with one attached hydrogen (secondary N) is 1. The predicted molar refractivity (Wildman–Crippen MR) is 73.5 cm³/mol. The van der Waals surface area contributed by atoms with E-state index < -0.39 is 0 Å². The molecule has 0 radical (unpaired) electrons. The van der Waals surface area contributed by atoms with Gasteiger partial charge >= 0.3 is 0 Å². The normalized spacial score (nSPS) is 11.3. The largest absolute Gasteiger partial charge is 0.399 e. The Morgan fingerprint density at radius 2 is 2.17 bits per heavy atom. The van der Waals surface area contributed by atoms with Crippen molar-refractivity contribution in [2.75, 3.05) is 26.0 Å². The summed E-state index contributed by atoms with van der Waals surface area (Å²) < 4.78 is 5.06. The van der Waals surface area contributed by atoms with E-state index in [2.05, 4.69) is 19.2 Å². The van der Waals surface area contributed by atoms with Gasteiger partial charge in [0.2, 0.25) is 0 Å². The van der Waals surface area contributed by atoms with E-state index in [0.29, 0.717) is 24.4 Å². The summed E-state index contributed by atoms with van der Waals surface area (Å²) in [5.74, 6) is -0.0900. The van der Waals surface area contributed by atoms with Gasteiger partial charge in [-0.2, -0.15) is 0 Å². The molecule has 1 rings (SSSR count). The zero-order chi connectivity index (χ0) is 13.6. The highest BCUT2D eigenvalue weighted by Crippen LogP contribution is 2.19. The molecule has 0 aliphatic carbocycles. The molecule has 0 saturated carbocycles. The third-order valence-corrected chi connectivity index (χ3v) is 2.86. The van der Waals surface area contributed by atoms with Crippen molar-refractivity contribution in [3.8, 4) is 0 Å². The van der Waals surface area contributed by atoms with Crippen LogP contribution in [-0.4, -0.2) is 26.2 Å². The highest BCUT2D eigenvalue weighted by Gasteiger charge is 2.18. The smallest absolute Gasteiger partial charge is 0.251 e. The van der Waals surface area contributed by atoms with Crippen molar-refractivity contribution in [2.45, 2.75) is 20.3 Å². The topological polar surface area (TPSA) is 64.3 Å². The number of nitrogens with two attached hydrogens (primary N) is 1. The van der Waals surface area contributed by atoms with Gasteiger partial charge in [-0.05, 0) is 30.0 Å². The molecule has 0 aliphatic heterocycles. The van der Waals surface area contributed by atoms with Gasteiger partial charge in [0.05, 0.1) is 0 Å². The molecule has 18 heavy (non-hydrogen) atoms. The minimum atomic E-state index is -0.0900. The zero-order valence-electron chi connectivity index (χ0n) is 11.3. The molecule has 4 heteroatoms. The van der Waals surface area contributed by atoms with Crippen LogP contribution in [0.5, 0.6) is 0 Å². The first-order chi connectivity index (χ1) is 8.44. The second-order valence-electron chi connectivity index (χ2n) is 5.22. The minimum Gasteiger partial charge on any atom is -0.399 e. The molecule has 4 nitrogen and oxygen atoms in total. The van der Waals surface area contributed by atoms with E-state index in [0.717, 1.165) is 6.42 Å². The summed E-state index contributed by atoms with van der Waals surface area (Å²) in [6, 6.07) is 6.98. The number of carbonyl (C=O) groups is 1. The summed E-state index contributed by atoms with van der Waals surface area (Å²) in [6.45, 7) is 5.52. The minimum absolute atomic E-state index is 0.0198. The third kappa shape index (κ3) is 4.75. The fraction of sp³-hybridized carbons (Fsp3) is 0.500. The Hall–Kier alpha value is -1.55. The van der Waals surface area contributed by atoms with Crippen LogP contribution in [0, 0.1) is 5.41 Å². The molecule has 0 heterocycles. The first-order valence-corrected chi connectivity index (χ1v) is 6.07. The Kier molecular flexibility index (Phi) is 5.16. The summed E-state index contributed by atoms with van der Waals surface area (Å²) in [5, 5.41) is 2.93. The van der Waals surface area contributed by atoms with Crippen molar-refractivity contribution in [3.05, 3.63) is 29.8 Å². The van der Waals surface area contributed by atoms with Crippen LogP contribution in [0.3, 0.4) is 0 Å². The van der Waals surface area contributed by atoms with Crippen molar-refractivity contribution >= 4 is 11.6 Å². The number of benzene rings is 1. The van der Waals surface area contributed by atoms with E-state index in [1.165, 1.54) is 0 Å². The zero-order valence-corrected chi connectivity index (χ0v) is 11.3. The highest BCUT2D eigenvalue weighted by atomic mass is 16.5. The standard InChI is InChI=1S/C14H22N2O2/c1-14(2,7-8-18-3)10-16-13(17)11-5-4-6-12(15)9-11/h4-6,9H,7-8,10,15H2,1-3H3,(H,16,17). The molecule has 0 spiro atoms. The summed E-state index contributed by atoms with van der Waals surface area (Å²) in [4.78, 5) is 11.9. The van der Waals surface area contributed by atoms with Crippen LogP contribution in [0.2, 0.25) is 0 Å². The van der Waals surface area contributed by atoms with Crippen LogP contribution >= 0.6 is 0 Å². The van der Waals surface area contributed by atoms with Crippen LogP contribution in [0.1, 0.15) is 30.6 Å². The van der Waals surface area contributed by atoms with E-state index >= 15 is 0 Å². The number of amides is 1. The van der Waals surface area contributed by atoms with E-state index in [1.54, 1.807) is 31.4 Å². The SMILES string of the molecule is COCCC(C)(C)CNC(=O)c1cccc(N)c1. The maximum absolute atomic E-state index is 11.9. The average Bonchev–Trinajstić information content (AvgIpc) is 2.34. The number of hydrogen-bond donors (Lipinski definition) is 2. The molecule has 0 atom stereocenters. The molecule has 3 N–H and O–H groups in total. The summed E-state index contributed by atoms with van der Waals surface area (Å²) in [6.07, 6.45) is 0.903. The Morgan fingerprint density at radius 1 is 1.44 bits per heavy atom. The van der Waals surface area contributed by atoms with Gasteiger partial charge in [-0.15, -0.1) is 0 Å². The number of ether oxygens (including phenoxy) is 1. The van der Waals surface area contributed by atoms with Crippen LogP contribution in [-0.2, 0) is 4.74 Å². The lowest BCUT2D eigenvalue weighted by Gasteiger charge is -2.24. The van der Waals surface area contributed by atoms with Gasteiger partial charge < -0.3 is 15.8 Å². The van der Waals surface area contributed by atoms with E-state index in [1.807, 2.05) is 0 Å². The van der Waals surface area contributed by atoms with Gasteiger partial charge in [-0.25, -0.2) is 0 Å². The van der Waals surface area contributed by atoms with E-state index in [-0.39, 0.29) is 11.3 Å². The van der Waals surface area contributed by atoms with E-state index in [4.69, 9.17) is 10.5 Å². The fourth-order valence-corrected chi connectivity index (χ4v) is 1.57. The van der Waals surface area contributed by atoms with Gasteiger partial charge in [0.1, 0.15) is 0 Å². The molecule has 0 bridgehead atoms. The average molecular weight is 250 g/mol. The molecule has 0 unspecified atom stereocenters. The molecular formula is C14H22N2O2. The van der Waals surface area contributed by atoms with Crippen molar-refractivity contribution in [1.29, 1.82) is 0 Å². The molecule has 0 aliphatic rings. The molecule has 0 fully saturated rings. The first kappa shape index (κ1) is 14.5. The van der Waals surface area contributed by atoms with Crippen molar-refractivity contribution in [3.63, 3.8) is 0 Å². The first-order valence-electron chi connectivity index (χ1n) is 6.07. The monoisotopic (exact) mass is 250 g/mol. The van der Waals surface area contributed by atoms with Gasteiger partial charge in [0.15, 0.2) is 0 Å². The molecule has 0 saturated heterocycles. The van der Waals surface area contributed by atoms with Crippen LogP contribution < -0.4 is 11.1 Å². The quantitative estimate of drug-likeness (QED) is 0.760. The summed E-state index contributed by atoms with van der Waals surface area (Å²) in [5.41, 5.74) is 6.86. The number of nitrogen functional groups attached to an aromatic ring is 1. The third-order valence-electron chi connectivity index (χ3n) is 2.86. The summed E-state index contributed by atoms with van der Waals surface area (Å²) >= 11 is 0. The van der Waals surface area contributed by atoms with Crippen LogP contribution in [0.4, 0.5) is 5.69 Å². The van der Waals surface area contributed by atoms with Crippen molar-refractivity contribution in [1.82, 2.24) is 5.32 Å². The maximum atomic E-state index is 11.9. The van der Waals surface area contributed by atoms with Crippen molar-refractivity contribution in [2.24, 2.45) is 5.41 Å². The lowest BCUT2D eigenvalue weighted by molar-refractivity contribution is 0.0921. The van der Waals surface area contributed by atoms with Gasteiger partial charge in [-0.3, -0.25) is 4.79 Å². The molecule has 1 aromatic rings. The number of methoxy groups -OCH3 is 1. The lowest BCUT2D eigenvalue weighted by Crippen LogP contribution is -2.34. The number of carbonyl (C=O) groups excluding carboxylic acids is 1. The predicted octanol–water partition coefficient (Wildman–Crippen LogP) is 2.06. The second-order valence-corrected chi connectivity index (χ2v) is 5.22. The van der Waals surface area contributed by atoms with Gasteiger partial charge in [0, 0.05) is 31.5 Å². The molecule has 100 valence electrons.